The molecule has 24 aromatic rings. The first-order chi connectivity index (χ1) is 67.5. The van der Waals surface area contributed by atoms with Crippen LogP contribution in [-0.4, -0.2) is 18.3 Å². The van der Waals surface area contributed by atoms with Gasteiger partial charge in [0.05, 0.1) is 112 Å². The van der Waals surface area contributed by atoms with Gasteiger partial charge in [-0.25, -0.2) is 0 Å². The summed E-state index contributed by atoms with van der Waals surface area (Å²) in [6, 6.07) is 109. The van der Waals surface area contributed by atoms with Crippen molar-refractivity contribution in [2.75, 3.05) is 0 Å². The molecule has 674 valence electrons. The van der Waals surface area contributed by atoms with Crippen molar-refractivity contribution in [3.8, 4) is 102 Å². The predicted molar refractivity (Wildman–Crippen MR) is 540 cm³/mol. The topological polar surface area (TPSA) is 67.3 Å². The second-order valence-corrected chi connectivity index (χ2v) is 39.4. The zero-order chi connectivity index (χ0) is 95.6. The number of nitriles is 2. The highest BCUT2D eigenvalue weighted by atomic mass is 32.1. The molecule has 0 amide bonds. The minimum Gasteiger partial charge on any atom is -0.309 e. The highest BCUT2D eigenvalue weighted by molar-refractivity contribution is 7.27. The monoisotopic (exact) mass is 1880 g/mol. The molecule has 0 saturated heterocycles. The molecule has 0 spiro atoms. The quantitative estimate of drug-likeness (QED) is 0.128. The summed E-state index contributed by atoms with van der Waals surface area (Å²) in [5.74, 6) is 0. The fourth-order valence-electron chi connectivity index (χ4n) is 23.4. The van der Waals surface area contributed by atoms with Gasteiger partial charge in [0.25, 0.3) is 0 Å². The molecular formula is C120H68F12N6S2. The zero-order valence-corrected chi connectivity index (χ0v) is 75.8. The summed E-state index contributed by atoms with van der Waals surface area (Å²) < 4.78 is 194. The Balaban J connectivity index is 0.695. The standard InChI is InChI=1S/C120H68F12N6S2/c1-115(2)91-25-11-4-18-75(91)83-41-46-97-107(111(83)115)87-22-6-13-27-93(87)135(97)101-51-65(62-133)32-37-77(101)79-39-35-67(69-53-71(117(121,122)123)59-72(54-69)118(124,125)126)57-103(79)136-94-28-14-7-23-88(94)108-98(136)47-42-84-76-19-5-12-26-92(76)116(3,112(84)108)61-64-34-45-96-90(50-64)110-100(49-44-86-82-21-10-17-31-106(82)140-114(86)110)138(96)102-52-66(63-134)33-38-78(102)80-40-36-68(70-55-73(119(127,128)129)60-74(56-70)120(130,131)132)58-104(80)137-95-29-15-8-24-89(95)109-99(137)48-43-85-81-20-9-16-30-105(81)139-113(85)109/h4-60H,61H2,1-3H3. The molecule has 18 aromatic carbocycles. The number of rotatable bonds is 10. The first-order valence-electron chi connectivity index (χ1n) is 45.5. The van der Waals surface area contributed by atoms with Gasteiger partial charge in [0.1, 0.15) is 0 Å². The molecule has 0 fully saturated rings. The smallest absolute Gasteiger partial charge is 0.309 e. The number of alkyl halides is 12. The van der Waals surface area contributed by atoms with Gasteiger partial charge in [-0.3, -0.25) is 0 Å². The van der Waals surface area contributed by atoms with Crippen LogP contribution in [0.2, 0.25) is 0 Å². The summed E-state index contributed by atoms with van der Waals surface area (Å²) in [6.07, 6.45) is -20.3. The molecule has 0 bridgehead atoms. The van der Waals surface area contributed by atoms with Crippen molar-refractivity contribution < 1.29 is 52.7 Å². The van der Waals surface area contributed by atoms with Crippen LogP contribution in [0, 0.1) is 22.7 Å². The number of hydrogen-bond acceptors (Lipinski definition) is 4. The molecule has 6 nitrogen and oxygen atoms in total. The number of nitrogens with zero attached hydrogens (tertiary/aromatic N) is 6. The predicted octanol–water partition coefficient (Wildman–Crippen LogP) is 35.1. The summed E-state index contributed by atoms with van der Waals surface area (Å²) >= 11 is 3.27. The van der Waals surface area contributed by atoms with Crippen LogP contribution in [0.25, 0.3) is 217 Å². The third kappa shape index (κ3) is 12.4. The van der Waals surface area contributed by atoms with E-state index in [0.29, 0.717) is 79.1 Å². The van der Waals surface area contributed by atoms with Crippen molar-refractivity contribution in [1.29, 1.82) is 10.5 Å². The lowest BCUT2D eigenvalue weighted by Crippen LogP contribution is -2.24. The molecule has 0 N–H and O–H groups in total. The maximum absolute atomic E-state index is 15.2. The van der Waals surface area contributed by atoms with Crippen molar-refractivity contribution in [3.05, 3.63) is 407 Å². The van der Waals surface area contributed by atoms with Gasteiger partial charge in [0.2, 0.25) is 0 Å². The van der Waals surface area contributed by atoms with Crippen LogP contribution < -0.4 is 0 Å². The number of thiophene rings is 2. The SMILES string of the molecule is CC1(C)c2ccccc2-c2ccc3c(c21)c1ccccc1n3-c1cc(C#N)ccc1-c1ccc(-c2cc(C(F)(F)F)cc(C(F)(F)F)c2)cc1-n1c2ccccc2c2c3c(ccc21)-c1ccccc1C3(C)Cc1ccc2c(c1)c1c3sc4ccccc4c3ccc1n2-c1cc(C#N)ccc1-c1ccc(-c2cc(C(F)(F)F)cc(C(F)(F)F)c2)cc1-n1c2ccccc2c2c3sc4ccccc4c3ccc21. The summed E-state index contributed by atoms with van der Waals surface area (Å²) in [4.78, 5) is 0. The van der Waals surface area contributed by atoms with Crippen LogP contribution in [0.15, 0.2) is 346 Å². The maximum Gasteiger partial charge on any atom is 0.416 e. The number of hydrogen-bond donors (Lipinski definition) is 0. The molecule has 6 heterocycles. The third-order valence-corrected chi connectivity index (χ3v) is 31.7. The molecule has 6 aromatic heterocycles. The van der Waals surface area contributed by atoms with E-state index in [9.17, 15) is 10.5 Å². The molecule has 2 aliphatic rings. The van der Waals surface area contributed by atoms with E-state index < -0.39 is 57.8 Å². The highest BCUT2D eigenvalue weighted by Crippen LogP contribution is 2.60. The van der Waals surface area contributed by atoms with Gasteiger partial charge in [-0.1, -0.05) is 227 Å². The molecule has 140 heavy (non-hydrogen) atoms. The molecule has 26 rings (SSSR count). The zero-order valence-electron chi connectivity index (χ0n) is 74.2. The molecule has 0 aliphatic heterocycles. The summed E-state index contributed by atoms with van der Waals surface area (Å²) in [7, 11) is 0. The second kappa shape index (κ2) is 29.9. The Morgan fingerprint density at radius 2 is 0.600 bits per heavy atom. The molecule has 20 heteroatoms. The van der Waals surface area contributed by atoms with Crippen LogP contribution in [0.5, 0.6) is 0 Å². The van der Waals surface area contributed by atoms with Crippen LogP contribution in [0.1, 0.15) is 82.0 Å². The first-order valence-corrected chi connectivity index (χ1v) is 47.1. The van der Waals surface area contributed by atoms with Crippen LogP contribution in [0.3, 0.4) is 0 Å². The molecule has 1 atom stereocenters. The van der Waals surface area contributed by atoms with Gasteiger partial charge in [0.15, 0.2) is 0 Å². The fourth-order valence-corrected chi connectivity index (χ4v) is 25.9. The van der Waals surface area contributed by atoms with Gasteiger partial charge in [-0.2, -0.15) is 63.2 Å². The Morgan fingerprint density at radius 1 is 0.264 bits per heavy atom. The summed E-state index contributed by atoms with van der Waals surface area (Å²) in [6.45, 7) is 6.70. The lowest BCUT2D eigenvalue weighted by Gasteiger charge is -2.29. The van der Waals surface area contributed by atoms with Crippen molar-refractivity contribution in [2.24, 2.45) is 0 Å². The summed E-state index contributed by atoms with van der Waals surface area (Å²) in [5.41, 5.74) is 12.2. The van der Waals surface area contributed by atoms with E-state index in [-0.39, 0.29) is 34.4 Å². The highest BCUT2D eigenvalue weighted by Gasteiger charge is 2.45. The number of aromatic nitrogens is 4. The lowest BCUT2D eigenvalue weighted by atomic mass is 9.74. The van der Waals surface area contributed by atoms with Gasteiger partial charge < -0.3 is 18.3 Å². The molecule has 1 unspecified atom stereocenters. The first kappa shape index (κ1) is 84.3. The minimum absolute atomic E-state index is 0.0607. The van der Waals surface area contributed by atoms with Crippen LogP contribution >= 0.6 is 22.7 Å². The largest absolute Gasteiger partial charge is 0.416 e. The number of fused-ring (bicyclic) bond motifs is 28. The average Bonchev–Trinajstić information content (AvgIpc) is 1.53. The normalized spacial score (nSPS) is 14.3. The van der Waals surface area contributed by atoms with Gasteiger partial charge in [-0.15, -0.1) is 22.7 Å². The Morgan fingerprint density at radius 3 is 1.05 bits per heavy atom. The second-order valence-electron chi connectivity index (χ2n) is 37.3. The number of halogens is 12. The fraction of sp³-hybridized carbons (Fsp3) is 0.0833. The van der Waals surface area contributed by atoms with E-state index in [1.165, 1.54) is 5.56 Å². The average molecular weight is 1890 g/mol. The van der Waals surface area contributed by atoms with Gasteiger partial charge in [0, 0.05) is 117 Å². The van der Waals surface area contributed by atoms with Crippen molar-refractivity contribution in [1.82, 2.24) is 18.3 Å². The third-order valence-electron chi connectivity index (χ3n) is 29.3. The van der Waals surface area contributed by atoms with Crippen molar-refractivity contribution in [2.45, 2.75) is 62.7 Å². The Bertz CT molecular complexity index is 9660. The van der Waals surface area contributed by atoms with E-state index in [2.05, 4.69) is 162 Å². The summed E-state index contributed by atoms with van der Waals surface area (Å²) in [5, 5.41) is 33.5. The minimum atomic E-state index is -5.18. The molecule has 0 saturated carbocycles. The Labute approximate surface area is 797 Å². The van der Waals surface area contributed by atoms with Crippen LogP contribution in [-0.2, 0) is 42.0 Å². The maximum atomic E-state index is 15.2. The van der Waals surface area contributed by atoms with Gasteiger partial charge in [-0.05, 0) is 218 Å². The Kier molecular flexibility index (Phi) is 18.0. The van der Waals surface area contributed by atoms with Gasteiger partial charge >= 0.3 is 24.7 Å². The van der Waals surface area contributed by atoms with Crippen LogP contribution in [0.4, 0.5) is 52.7 Å². The van der Waals surface area contributed by atoms with E-state index in [1.807, 2.05) is 150 Å². The Hall–Kier alpha value is -16.3. The number of para-hydroxylation sites is 3. The molecular weight excluding hydrogens is 1820 g/mol. The van der Waals surface area contributed by atoms with E-state index in [4.69, 9.17) is 0 Å². The van der Waals surface area contributed by atoms with E-state index in [0.717, 1.165) is 180 Å². The molecule has 0 radical (unpaired) electrons. The van der Waals surface area contributed by atoms with Crippen molar-refractivity contribution in [3.63, 3.8) is 0 Å². The molecule has 2 aliphatic carbocycles. The lowest BCUT2D eigenvalue weighted by molar-refractivity contribution is -0.144. The van der Waals surface area contributed by atoms with E-state index >= 15 is 52.7 Å². The number of benzene rings is 18. The van der Waals surface area contributed by atoms with E-state index in [1.54, 1.807) is 71.2 Å². The van der Waals surface area contributed by atoms with Crippen molar-refractivity contribution >= 4 is 150 Å².